The molecule has 0 aromatic carbocycles. The second-order valence-corrected chi connectivity index (χ2v) is 6.19. The molecule has 7 heteroatoms. The van der Waals surface area contributed by atoms with Crippen LogP contribution in [0.2, 0.25) is 0 Å². The minimum atomic E-state index is -0.322. The summed E-state index contributed by atoms with van der Waals surface area (Å²) in [5.41, 5.74) is 1.25. The molecule has 0 radical (unpaired) electrons. The van der Waals surface area contributed by atoms with Gasteiger partial charge in [0.05, 0.1) is 18.3 Å². The number of aromatic nitrogens is 4. The lowest BCUT2D eigenvalue weighted by Crippen LogP contribution is -2.26. The van der Waals surface area contributed by atoms with E-state index in [9.17, 15) is 4.79 Å². The number of imidazole rings is 1. The van der Waals surface area contributed by atoms with Crippen LogP contribution in [-0.2, 0) is 11.8 Å². The fraction of sp³-hybridized carbons (Fsp3) is 0.353. The van der Waals surface area contributed by atoms with E-state index in [0.717, 1.165) is 6.42 Å². The third kappa shape index (κ3) is 3.40. The van der Waals surface area contributed by atoms with Crippen molar-refractivity contribution >= 4 is 11.6 Å². The summed E-state index contributed by atoms with van der Waals surface area (Å²) in [6.07, 6.45) is 9.24. The van der Waals surface area contributed by atoms with Gasteiger partial charge in [-0.2, -0.15) is 5.10 Å². The molecule has 3 rings (SSSR count). The van der Waals surface area contributed by atoms with E-state index in [4.69, 9.17) is 4.42 Å². The van der Waals surface area contributed by atoms with Crippen LogP contribution < -0.4 is 5.32 Å². The maximum atomic E-state index is 12.9. The van der Waals surface area contributed by atoms with Gasteiger partial charge in [-0.05, 0) is 24.5 Å². The van der Waals surface area contributed by atoms with Gasteiger partial charge in [0.1, 0.15) is 6.04 Å². The molecule has 0 saturated carbocycles. The zero-order valence-corrected chi connectivity index (χ0v) is 14.0. The lowest BCUT2D eigenvalue weighted by atomic mass is 10.0. The van der Waals surface area contributed by atoms with Gasteiger partial charge < -0.3 is 14.3 Å². The van der Waals surface area contributed by atoms with Gasteiger partial charge >= 0.3 is 0 Å². The molecule has 1 N–H and O–H groups in total. The Balaban J connectivity index is 1.86. The molecule has 0 spiro atoms. The molecule has 1 unspecified atom stereocenters. The summed E-state index contributed by atoms with van der Waals surface area (Å²) >= 11 is 0. The van der Waals surface area contributed by atoms with Crippen LogP contribution in [0.25, 0.3) is 11.5 Å². The van der Waals surface area contributed by atoms with E-state index in [-0.39, 0.29) is 11.9 Å². The number of furan rings is 1. The monoisotopic (exact) mass is 327 g/mol. The Hall–Kier alpha value is -2.83. The minimum Gasteiger partial charge on any atom is -0.463 e. The molecule has 0 aliphatic heterocycles. The number of carbonyl (C=O) groups is 1. The molecule has 0 aliphatic carbocycles. The fourth-order valence-corrected chi connectivity index (χ4v) is 2.66. The summed E-state index contributed by atoms with van der Waals surface area (Å²) in [6, 6.07) is 3.29. The molecule has 7 nitrogen and oxygen atoms in total. The summed E-state index contributed by atoms with van der Waals surface area (Å²) in [5, 5.41) is 7.36. The highest BCUT2D eigenvalue weighted by atomic mass is 16.3. The predicted molar refractivity (Wildman–Crippen MR) is 90.3 cm³/mol. The third-order valence-corrected chi connectivity index (χ3v) is 3.72. The van der Waals surface area contributed by atoms with Crippen molar-refractivity contribution in [2.45, 2.75) is 26.3 Å². The van der Waals surface area contributed by atoms with E-state index in [1.165, 1.54) is 0 Å². The first-order valence-electron chi connectivity index (χ1n) is 7.90. The van der Waals surface area contributed by atoms with Crippen LogP contribution in [0.4, 0.5) is 5.69 Å². The second kappa shape index (κ2) is 6.74. The molecule has 0 fully saturated rings. The third-order valence-electron chi connectivity index (χ3n) is 3.72. The van der Waals surface area contributed by atoms with E-state index in [1.807, 2.05) is 23.9 Å². The van der Waals surface area contributed by atoms with E-state index in [0.29, 0.717) is 23.1 Å². The number of nitrogens with zero attached hydrogens (tertiary/aromatic N) is 4. The normalized spacial score (nSPS) is 12.5. The molecule has 1 atom stereocenters. The minimum absolute atomic E-state index is 0.0949. The highest BCUT2D eigenvalue weighted by Gasteiger charge is 2.23. The molecule has 24 heavy (non-hydrogen) atoms. The second-order valence-electron chi connectivity index (χ2n) is 6.19. The van der Waals surface area contributed by atoms with Crippen molar-refractivity contribution < 1.29 is 9.21 Å². The highest BCUT2D eigenvalue weighted by molar-refractivity contribution is 5.96. The van der Waals surface area contributed by atoms with Gasteiger partial charge in [0, 0.05) is 25.6 Å². The van der Waals surface area contributed by atoms with Crippen LogP contribution in [-0.4, -0.2) is 25.2 Å². The fourth-order valence-electron chi connectivity index (χ4n) is 2.66. The summed E-state index contributed by atoms with van der Waals surface area (Å²) < 4.78 is 8.90. The quantitative estimate of drug-likeness (QED) is 0.754. The van der Waals surface area contributed by atoms with Gasteiger partial charge in [-0.25, -0.2) is 4.98 Å². The van der Waals surface area contributed by atoms with Crippen LogP contribution in [0, 0.1) is 5.92 Å². The van der Waals surface area contributed by atoms with Crippen LogP contribution >= 0.6 is 0 Å². The van der Waals surface area contributed by atoms with Crippen LogP contribution in [0.15, 0.2) is 47.7 Å². The Kier molecular flexibility index (Phi) is 4.50. The van der Waals surface area contributed by atoms with Crippen LogP contribution in [0.1, 0.15) is 26.3 Å². The standard InChI is InChI=1S/C17H21N5O2/c1-12(2)9-14(22-7-6-18-11-22)17(23)19-13-10-21(3)20-16(13)15-5-4-8-24-15/h4-8,10-12,14H,9H2,1-3H3,(H,19,23). The van der Waals surface area contributed by atoms with Gasteiger partial charge in [0.25, 0.3) is 0 Å². The summed E-state index contributed by atoms with van der Waals surface area (Å²) in [4.78, 5) is 16.9. The average molecular weight is 327 g/mol. The van der Waals surface area contributed by atoms with E-state index < -0.39 is 0 Å². The molecular formula is C17H21N5O2. The molecule has 126 valence electrons. The van der Waals surface area contributed by atoms with Crippen molar-refractivity contribution in [1.29, 1.82) is 0 Å². The van der Waals surface area contributed by atoms with Gasteiger partial charge in [-0.15, -0.1) is 0 Å². The Morgan fingerprint density at radius 1 is 1.42 bits per heavy atom. The van der Waals surface area contributed by atoms with Crippen molar-refractivity contribution in [2.75, 3.05) is 5.32 Å². The zero-order valence-electron chi connectivity index (χ0n) is 14.0. The molecule has 0 bridgehead atoms. The van der Waals surface area contributed by atoms with Gasteiger partial charge in [-0.3, -0.25) is 9.48 Å². The first-order valence-corrected chi connectivity index (χ1v) is 7.90. The van der Waals surface area contributed by atoms with E-state index in [2.05, 4.69) is 29.2 Å². The smallest absolute Gasteiger partial charge is 0.247 e. The van der Waals surface area contributed by atoms with E-state index in [1.54, 1.807) is 35.7 Å². The molecule has 0 aliphatic rings. The average Bonchev–Trinajstić information content (AvgIpc) is 3.26. The maximum absolute atomic E-state index is 12.9. The van der Waals surface area contributed by atoms with Crippen molar-refractivity contribution in [2.24, 2.45) is 13.0 Å². The molecule has 1 amide bonds. The van der Waals surface area contributed by atoms with Crippen molar-refractivity contribution in [3.63, 3.8) is 0 Å². The molecule has 3 aromatic rings. The highest BCUT2D eigenvalue weighted by Crippen LogP contribution is 2.28. The van der Waals surface area contributed by atoms with Crippen LogP contribution in [0.3, 0.4) is 0 Å². The number of hydrogen-bond acceptors (Lipinski definition) is 4. The molecule has 3 aromatic heterocycles. The van der Waals surface area contributed by atoms with Crippen molar-refractivity contribution in [3.05, 3.63) is 43.3 Å². The van der Waals surface area contributed by atoms with Gasteiger partial charge in [0.2, 0.25) is 5.91 Å². The molecule has 0 saturated heterocycles. The predicted octanol–water partition coefficient (Wildman–Crippen LogP) is 3.10. The molecular weight excluding hydrogens is 306 g/mol. The Morgan fingerprint density at radius 3 is 2.88 bits per heavy atom. The lowest BCUT2D eigenvalue weighted by Gasteiger charge is -2.19. The maximum Gasteiger partial charge on any atom is 0.247 e. The Labute approximate surface area is 140 Å². The topological polar surface area (TPSA) is 77.9 Å². The number of amides is 1. The number of rotatable bonds is 6. The van der Waals surface area contributed by atoms with Crippen molar-refractivity contribution in [3.8, 4) is 11.5 Å². The lowest BCUT2D eigenvalue weighted by molar-refractivity contribution is -0.119. The largest absolute Gasteiger partial charge is 0.463 e. The molecule has 3 heterocycles. The van der Waals surface area contributed by atoms with E-state index >= 15 is 0 Å². The van der Waals surface area contributed by atoms with Crippen molar-refractivity contribution in [1.82, 2.24) is 19.3 Å². The SMILES string of the molecule is CC(C)CC(C(=O)Nc1cn(C)nc1-c1ccco1)n1ccnc1. The van der Waals surface area contributed by atoms with Gasteiger partial charge in [0.15, 0.2) is 11.5 Å². The summed E-state index contributed by atoms with van der Waals surface area (Å²) in [7, 11) is 1.81. The zero-order chi connectivity index (χ0) is 17.1. The number of anilines is 1. The Bertz CT molecular complexity index is 787. The number of aryl methyl sites for hydroxylation is 1. The summed E-state index contributed by atoms with van der Waals surface area (Å²) in [5.74, 6) is 0.901. The number of hydrogen-bond donors (Lipinski definition) is 1. The number of nitrogens with one attached hydrogen (secondary N) is 1. The first-order chi connectivity index (χ1) is 11.5. The Morgan fingerprint density at radius 2 is 2.25 bits per heavy atom. The number of carbonyl (C=O) groups excluding carboxylic acids is 1. The summed E-state index contributed by atoms with van der Waals surface area (Å²) in [6.45, 7) is 4.19. The first kappa shape index (κ1) is 16.0. The van der Waals surface area contributed by atoms with Gasteiger partial charge in [-0.1, -0.05) is 13.8 Å². The van der Waals surface area contributed by atoms with Crippen LogP contribution in [0.5, 0.6) is 0 Å².